The SMILES string of the molecule is CNC(=O)CN(C)c1cc(Cl)ccc1CNCCOC. The van der Waals surface area contributed by atoms with Crippen LogP contribution in [0.15, 0.2) is 18.2 Å². The average molecular weight is 300 g/mol. The number of nitrogens with zero attached hydrogens (tertiary/aromatic N) is 1. The molecule has 1 amide bonds. The van der Waals surface area contributed by atoms with Crippen molar-refractivity contribution in [3.8, 4) is 0 Å². The van der Waals surface area contributed by atoms with Gasteiger partial charge in [-0.2, -0.15) is 0 Å². The Labute approximate surface area is 125 Å². The molecule has 0 unspecified atom stereocenters. The van der Waals surface area contributed by atoms with Crippen LogP contribution >= 0.6 is 11.6 Å². The van der Waals surface area contributed by atoms with Gasteiger partial charge in [0.1, 0.15) is 0 Å². The fourth-order valence-electron chi connectivity index (χ4n) is 1.82. The summed E-state index contributed by atoms with van der Waals surface area (Å²) in [5.74, 6) is -0.0363. The topological polar surface area (TPSA) is 53.6 Å². The number of ether oxygens (including phenoxy) is 1. The fourth-order valence-corrected chi connectivity index (χ4v) is 1.99. The van der Waals surface area contributed by atoms with E-state index in [1.807, 2.05) is 30.1 Å². The van der Waals surface area contributed by atoms with Crippen molar-refractivity contribution in [3.05, 3.63) is 28.8 Å². The summed E-state index contributed by atoms with van der Waals surface area (Å²) >= 11 is 6.05. The molecule has 0 saturated carbocycles. The Bertz CT molecular complexity index is 440. The quantitative estimate of drug-likeness (QED) is 0.710. The van der Waals surface area contributed by atoms with Gasteiger partial charge >= 0.3 is 0 Å². The molecule has 0 spiro atoms. The molecular formula is C14H22ClN3O2. The summed E-state index contributed by atoms with van der Waals surface area (Å²) in [4.78, 5) is 13.4. The lowest BCUT2D eigenvalue weighted by molar-refractivity contribution is -0.119. The lowest BCUT2D eigenvalue weighted by Gasteiger charge is -2.22. The van der Waals surface area contributed by atoms with Crippen LogP contribution in [0.1, 0.15) is 5.56 Å². The first-order chi connectivity index (χ1) is 9.58. The van der Waals surface area contributed by atoms with E-state index in [2.05, 4.69) is 10.6 Å². The van der Waals surface area contributed by atoms with Crippen molar-refractivity contribution in [1.29, 1.82) is 0 Å². The van der Waals surface area contributed by atoms with Crippen LogP contribution in [0.4, 0.5) is 5.69 Å². The summed E-state index contributed by atoms with van der Waals surface area (Å²) in [5, 5.41) is 6.56. The molecule has 5 nitrogen and oxygen atoms in total. The van der Waals surface area contributed by atoms with Crippen molar-refractivity contribution >= 4 is 23.2 Å². The van der Waals surface area contributed by atoms with Gasteiger partial charge in [-0.15, -0.1) is 0 Å². The molecule has 0 saturated heterocycles. The minimum atomic E-state index is -0.0363. The normalized spacial score (nSPS) is 10.4. The molecule has 0 fully saturated rings. The average Bonchev–Trinajstić information content (AvgIpc) is 2.44. The van der Waals surface area contributed by atoms with E-state index in [9.17, 15) is 4.79 Å². The molecule has 0 aliphatic rings. The number of likely N-dealkylation sites (N-methyl/N-ethyl adjacent to an activating group) is 2. The van der Waals surface area contributed by atoms with Gasteiger partial charge in [-0.05, 0) is 17.7 Å². The lowest BCUT2D eigenvalue weighted by Crippen LogP contribution is -2.33. The summed E-state index contributed by atoms with van der Waals surface area (Å²) in [7, 11) is 5.17. The van der Waals surface area contributed by atoms with Gasteiger partial charge in [0.05, 0.1) is 13.2 Å². The highest BCUT2D eigenvalue weighted by molar-refractivity contribution is 6.30. The maximum absolute atomic E-state index is 11.5. The van der Waals surface area contributed by atoms with Gasteiger partial charge < -0.3 is 20.3 Å². The zero-order chi connectivity index (χ0) is 15.0. The van der Waals surface area contributed by atoms with Crippen LogP contribution in [-0.4, -0.2) is 46.8 Å². The molecule has 0 aliphatic carbocycles. The van der Waals surface area contributed by atoms with Crippen LogP contribution in [0.5, 0.6) is 0 Å². The number of carbonyl (C=O) groups is 1. The molecule has 1 aromatic carbocycles. The summed E-state index contributed by atoms with van der Waals surface area (Å²) in [6.45, 7) is 2.44. The van der Waals surface area contributed by atoms with Crippen LogP contribution < -0.4 is 15.5 Å². The molecule has 0 heterocycles. The first-order valence-corrected chi connectivity index (χ1v) is 6.86. The van der Waals surface area contributed by atoms with Gasteiger partial charge in [0.2, 0.25) is 5.91 Å². The van der Waals surface area contributed by atoms with Crippen molar-refractivity contribution < 1.29 is 9.53 Å². The van der Waals surface area contributed by atoms with Gasteiger partial charge in [-0.3, -0.25) is 4.79 Å². The Balaban J connectivity index is 2.75. The van der Waals surface area contributed by atoms with E-state index in [1.165, 1.54) is 0 Å². The highest BCUT2D eigenvalue weighted by Crippen LogP contribution is 2.24. The van der Waals surface area contributed by atoms with Crippen molar-refractivity contribution in [2.45, 2.75) is 6.54 Å². The third-order valence-corrected chi connectivity index (χ3v) is 3.15. The summed E-state index contributed by atoms with van der Waals surface area (Å²) in [6, 6.07) is 5.70. The highest BCUT2D eigenvalue weighted by atomic mass is 35.5. The number of methoxy groups -OCH3 is 1. The van der Waals surface area contributed by atoms with Crippen LogP contribution in [-0.2, 0) is 16.1 Å². The zero-order valence-electron chi connectivity index (χ0n) is 12.2. The predicted octanol–water partition coefficient (Wildman–Crippen LogP) is 1.26. The smallest absolute Gasteiger partial charge is 0.239 e. The Hall–Kier alpha value is -1.30. The number of halogens is 1. The number of carbonyl (C=O) groups excluding carboxylic acids is 1. The van der Waals surface area contributed by atoms with Gasteiger partial charge in [-0.1, -0.05) is 17.7 Å². The van der Waals surface area contributed by atoms with E-state index >= 15 is 0 Å². The van der Waals surface area contributed by atoms with Crippen LogP contribution in [0, 0.1) is 0 Å². The van der Waals surface area contributed by atoms with E-state index in [0.717, 1.165) is 17.8 Å². The van der Waals surface area contributed by atoms with Crippen molar-refractivity contribution in [2.75, 3.05) is 45.8 Å². The molecule has 112 valence electrons. The maximum Gasteiger partial charge on any atom is 0.239 e. The molecule has 1 rings (SSSR count). The van der Waals surface area contributed by atoms with Crippen molar-refractivity contribution in [3.63, 3.8) is 0 Å². The Morgan fingerprint density at radius 3 is 2.85 bits per heavy atom. The number of hydrogen-bond donors (Lipinski definition) is 2. The van der Waals surface area contributed by atoms with Crippen LogP contribution in [0.2, 0.25) is 5.02 Å². The zero-order valence-corrected chi connectivity index (χ0v) is 13.0. The van der Waals surface area contributed by atoms with E-state index in [1.54, 1.807) is 14.2 Å². The Morgan fingerprint density at radius 2 is 2.20 bits per heavy atom. The maximum atomic E-state index is 11.5. The first kappa shape index (κ1) is 16.8. The predicted molar refractivity (Wildman–Crippen MR) is 82.4 cm³/mol. The Kier molecular flexibility index (Phi) is 7.36. The highest BCUT2D eigenvalue weighted by Gasteiger charge is 2.11. The van der Waals surface area contributed by atoms with Crippen LogP contribution in [0.25, 0.3) is 0 Å². The van der Waals surface area contributed by atoms with Gasteiger partial charge in [0.15, 0.2) is 0 Å². The van der Waals surface area contributed by atoms with E-state index in [0.29, 0.717) is 24.7 Å². The third-order valence-electron chi connectivity index (χ3n) is 2.92. The number of anilines is 1. The molecule has 6 heteroatoms. The molecule has 0 aromatic heterocycles. The number of benzene rings is 1. The molecule has 0 atom stereocenters. The van der Waals surface area contributed by atoms with Gasteiger partial charge in [0.25, 0.3) is 0 Å². The van der Waals surface area contributed by atoms with E-state index < -0.39 is 0 Å². The molecular weight excluding hydrogens is 278 g/mol. The van der Waals surface area contributed by atoms with Crippen molar-refractivity contribution in [1.82, 2.24) is 10.6 Å². The summed E-state index contributed by atoms with van der Waals surface area (Å²) < 4.78 is 5.00. The largest absolute Gasteiger partial charge is 0.383 e. The van der Waals surface area contributed by atoms with E-state index in [4.69, 9.17) is 16.3 Å². The molecule has 1 aromatic rings. The standard InChI is InChI=1S/C14H22ClN3O2/c1-16-14(19)10-18(2)13-8-12(15)5-4-11(13)9-17-6-7-20-3/h4-5,8,17H,6-7,9-10H2,1-3H3,(H,16,19). The minimum Gasteiger partial charge on any atom is -0.383 e. The second-order valence-electron chi connectivity index (χ2n) is 4.47. The fraction of sp³-hybridized carbons (Fsp3) is 0.500. The monoisotopic (exact) mass is 299 g/mol. The summed E-state index contributed by atoms with van der Waals surface area (Å²) in [6.07, 6.45) is 0. The molecule has 0 bridgehead atoms. The molecule has 0 aliphatic heterocycles. The van der Waals surface area contributed by atoms with E-state index in [-0.39, 0.29) is 5.91 Å². The Morgan fingerprint density at radius 1 is 1.45 bits per heavy atom. The molecule has 20 heavy (non-hydrogen) atoms. The third kappa shape index (κ3) is 5.36. The second-order valence-corrected chi connectivity index (χ2v) is 4.91. The van der Waals surface area contributed by atoms with Gasteiger partial charge in [0, 0.05) is 45.0 Å². The minimum absolute atomic E-state index is 0.0363. The first-order valence-electron chi connectivity index (χ1n) is 6.48. The van der Waals surface area contributed by atoms with Gasteiger partial charge in [-0.25, -0.2) is 0 Å². The van der Waals surface area contributed by atoms with Crippen molar-refractivity contribution in [2.24, 2.45) is 0 Å². The van der Waals surface area contributed by atoms with Crippen LogP contribution in [0.3, 0.4) is 0 Å². The molecule has 0 radical (unpaired) electrons. The molecule has 2 N–H and O–H groups in total. The number of amides is 1. The second kappa shape index (κ2) is 8.79. The number of hydrogen-bond acceptors (Lipinski definition) is 4. The summed E-state index contributed by atoms with van der Waals surface area (Å²) in [5.41, 5.74) is 2.04. The lowest BCUT2D eigenvalue weighted by atomic mass is 10.1. The number of nitrogens with one attached hydrogen (secondary N) is 2. The number of rotatable bonds is 8.